The van der Waals surface area contributed by atoms with Gasteiger partial charge in [0, 0.05) is 32.6 Å². The van der Waals surface area contributed by atoms with Crippen molar-refractivity contribution >= 4 is 11.8 Å². The summed E-state index contributed by atoms with van der Waals surface area (Å²) in [5.74, 6) is -0.113. The van der Waals surface area contributed by atoms with E-state index in [9.17, 15) is 14.0 Å². The second kappa shape index (κ2) is 8.80. The van der Waals surface area contributed by atoms with E-state index in [2.05, 4.69) is 0 Å². The van der Waals surface area contributed by atoms with E-state index in [1.807, 2.05) is 42.2 Å². The molecule has 0 N–H and O–H groups in total. The largest absolute Gasteiger partial charge is 0.339 e. The molecule has 1 saturated heterocycles. The van der Waals surface area contributed by atoms with Gasteiger partial charge in [-0.25, -0.2) is 4.39 Å². The minimum absolute atomic E-state index is 0.0602. The van der Waals surface area contributed by atoms with Gasteiger partial charge in [0.1, 0.15) is 5.82 Å². The number of benzene rings is 2. The zero-order chi connectivity index (χ0) is 19.2. The van der Waals surface area contributed by atoms with Crippen molar-refractivity contribution in [3.8, 4) is 0 Å². The molecule has 142 valence electrons. The van der Waals surface area contributed by atoms with Gasteiger partial charge < -0.3 is 9.80 Å². The third kappa shape index (κ3) is 5.39. The first-order chi connectivity index (χ1) is 13.0. The second-order valence-electron chi connectivity index (χ2n) is 7.06. The van der Waals surface area contributed by atoms with Gasteiger partial charge in [0.25, 0.3) is 0 Å². The van der Waals surface area contributed by atoms with Gasteiger partial charge >= 0.3 is 0 Å². The zero-order valence-corrected chi connectivity index (χ0v) is 15.7. The Balaban J connectivity index is 1.45. The summed E-state index contributed by atoms with van der Waals surface area (Å²) in [6, 6.07) is 14.3. The SMILES string of the molecule is Cc1cccc(CC(=O)N2CCN(C(=O)CCc3cccc(F)c3)CC2)c1. The molecule has 2 aromatic rings. The van der Waals surface area contributed by atoms with E-state index in [1.165, 1.54) is 12.1 Å². The number of amides is 2. The number of hydrogen-bond donors (Lipinski definition) is 0. The number of hydrogen-bond acceptors (Lipinski definition) is 2. The van der Waals surface area contributed by atoms with Crippen LogP contribution in [0.15, 0.2) is 48.5 Å². The van der Waals surface area contributed by atoms with Crippen LogP contribution in [0.25, 0.3) is 0 Å². The summed E-state index contributed by atoms with van der Waals surface area (Å²) in [4.78, 5) is 28.5. The Morgan fingerprint density at radius 3 is 2.19 bits per heavy atom. The van der Waals surface area contributed by atoms with Crippen molar-refractivity contribution in [2.75, 3.05) is 26.2 Å². The first-order valence-electron chi connectivity index (χ1n) is 9.37. The maximum Gasteiger partial charge on any atom is 0.227 e. The van der Waals surface area contributed by atoms with E-state index in [-0.39, 0.29) is 17.6 Å². The van der Waals surface area contributed by atoms with Crippen LogP contribution in [0.1, 0.15) is 23.1 Å². The highest BCUT2D eigenvalue weighted by Crippen LogP contribution is 2.11. The van der Waals surface area contributed by atoms with Gasteiger partial charge in [0.05, 0.1) is 6.42 Å². The summed E-state index contributed by atoms with van der Waals surface area (Å²) in [7, 11) is 0. The Labute approximate surface area is 159 Å². The van der Waals surface area contributed by atoms with Crippen LogP contribution in [-0.2, 0) is 22.4 Å². The van der Waals surface area contributed by atoms with E-state index < -0.39 is 0 Å². The molecular formula is C22H25FN2O2. The lowest BCUT2D eigenvalue weighted by Crippen LogP contribution is -2.51. The molecule has 1 aliphatic heterocycles. The number of carbonyl (C=O) groups is 2. The van der Waals surface area contributed by atoms with E-state index in [1.54, 1.807) is 11.0 Å². The van der Waals surface area contributed by atoms with E-state index in [0.29, 0.717) is 45.4 Å². The summed E-state index contributed by atoms with van der Waals surface area (Å²) in [5, 5.41) is 0. The Bertz CT molecular complexity index is 813. The molecule has 27 heavy (non-hydrogen) atoms. The van der Waals surface area contributed by atoms with Crippen LogP contribution < -0.4 is 0 Å². The monoisotopic (exact) mass is 368 g/mol. The zero-order valence-electron chi connectivity index (χ0n) is 15.7. The number of rotatable bonds is 5. The Kier molecular flexibility index (Phi) is 6.22. The summed E-state index contributed by atoms with van der Waals surface area (Å²) in [6.07, 6.45) is 1.29. The van der Waals surface area contributed by atoms with Gasteiger partial charge in [-0.05, 0) is 36.6 Å². The van der Waals surface area contributed by atoms with Gasteiger partial charge in [0.15, 0.2) is 0 Å². The van der Waals surface area contributed by atoms with E-state index in [0.717, 1.165) is 16.7 Å². The number of carbonyl (C=O) groups excluding carboxylic acids is 2. The van der Waals surface area contributed by atoms with Crippen molar-refractivity contribution in [3.05, 3.63) is 71.0 Å². The lowest BCUT2D eigenvalue weighted by atomic mass is 10.1. The van der Waals surface area contributed by atoms with Gasteiger partial charge in [0.2, 0.25) is 11.8 Å². The van der Waals surface area contributed by atoms with Crippen LogP contribution in [0.2, 0.25) is 0 Å². The fraction of sp³-hybridized carbons (Fsp3) is 0.364. The van der Waals surface area contributed by atoms with Crippen LogP contribution in [0, 0.1) is 12.7 Å². The predicted octanol–water partition coefficient (Wildman–Crippen LogP) is 2.98. The third-order valence-corrected chi connectivity index (χ3v) is 4.94. The fourth-order valence-electron chi connectivity index (χ4n) is 3.42. The molecule has 2 amide bonds. The molecule has 0 spiro atoms. The molecule has 1 heterocycles. The number of nitrogens with zero attached hydrogens (tertiary/aromatic N) is 2. The molecule has 0 atom stereocenters. The lowest BCUT2D eigenvalue weighted by molar-refractivity contribution is -0.139. The van der Waals surface area contributed by atoms with E-state index in [4.69, 9.17) is 0 Å². The quantitative estimate of drug-likeness (QED) is 0.814. The van der Waals surface area contributed by atoms with Crippen LogP contribution in [0.3, 0.4) is 0 Å². The minimum atomic E-state index is -0.277. The Morgan fingerprint density at radius 1 is 0.889 bits per heavy atom. The molecule has 0 aliphatic carbocycles. The first-order valence-corrected chi connectivity index (χ1v) is 9.37. The number of aryl methyl sites for hydroxylation is 2. The second-order valence-corrected chi connectivity index (χ2v) is 7.06. The molecule has 0 radical (unpaired) electrons. The van der Waals surface area contributed by atoms with Crippen molar-refractivity contribution in [2.24, 2.45) is 0 Å². The summed E-state index contributed by atoms with van der Waals surface area (Å²) < 4.78 is 13.2. The Morgan fingerprint density at radius 2 is 1.52 bits per heavy atom. The minimum Gasteiger partial charge on any atom is -0.339 e. The molecule has 1 fully saturated rings. The smallest absolute Gasteiger partial charge is 0.227 e. The van der Waals surface area contributed by atoms with Crippen molar-refractivity contribution in [1.82, 2.24) is 9.80 Å². The molecule has 0 saturated carbocycles. The predicted molar refractivity (Wildman–Crippen MR) is 103 cm³/mol. The lowest BCUT2D eigenvalue weighted by Gasteiger charge is -2.35. The summed E-state index contributed by atoms with van der Waals surface area (Å²) in [6.45, 7) is 4.26. The summed E-state index contributed by atoms with van der Waals surface area (Å²) in [5.41, 5.74) is 3.00. The van der Waals surface area contributed by atoms with Crippen molar-refractivity contribution in [2.45, 2.75) is 26.2 Å². The number of piperazine rings is 1. The average Bonchev–Trinajstić information content (AvgIpc) is 2.66. The molecule has 0 aromatic heterocycles. The van der Waals surface area contributed by atoms with Crippen LogP contribution in [-0.4, -0.2) is 47.8 Å². The highest BCUT2D eigenvalue weighted by Gasteiger charge is 2.23. The molecule has 3 rings (SSSR count). The maximum absolute atomic E-state index is 13.2. The molecule has 0 unspecified atom stereocenters. The Hall–Kier alpha value is -2.69. The van der Waals surface area contributed by atoms with Crippen molar-refractivity contribution in [1.29, 1.82) is 0 Å². The molecular weight excluding hydrogens is 343 g/mol. The first kappa shape index (κ1) is 19.1. The van der Waals surface area contributed by atoms with Crippen LogP contribution in [0.4, 0.5) is 4.39 Å². The van der Waals surface area contributed by atoms with E-state index >= 15 is 0 Å². The van der Waals surface area contributed by atoms with Crippen LogP contribution >= 0.6 is 0 Å². The average molecular weight is 368 g/mol. The van der Waals surface area contributed by atoms with Gasteiger partial charge in [-0.1, -0.05) is 42.0 Å². The normalized spacial score (nSPS) is 14.3. The molecule has 0 bridgehead atoms. The third-order valence-electron chi connectivity index (χ3n) is 4.94. The molecule has 1 aliphatic rings. The fourth-order valence-corrected chi connectivity index (χ4v) is 3.42. The number of halogens is 1. The van der Waals surface area contributed by atoms with Crippen molar-refractivity contribution in [3.63, 3.8) is 0 Å². The van der Waals surface area contributed by atoms with Crippen molar-refractivity contribution < 1.29 is 14.0 Å². The summed E-state index contributed by atoms with van der Waals surface area (Å²) >= 11 is 0. The molecule has 4 nitrogen and oxygen atoms in total. The maximum atomic E-state index is 13.2. The topological polar surface area (TPSA) is 40.6 Å². The van der Waals surface area contributed by atoms with Crippen LogP contribution in [0.5, 0.6) is 0 Å². The molecule has 2 aromatic carbocycles. The van der Waals surface area contributed by atoms with Gasteiger partial charge in [-0.15, -0.1) is 0 Å². The van der Waals surface area contributed by atoms with Gasteiger partial charge in [-0.3, -0.25) is 9.59 Å². The van der Waals surface area contributed by atoms with Gasteiger partial charge in [-0.2, -0.15) is 0 Å². The standard InChI is InChI=1S/C22H25FN2O2/c1-17-4-2-6-19(14-17)16-22(27)25-12-10-24(11-13-25)21(26)9-8-18-5-3-7-20(23)15-18/h2-7,14-15H,8-13,16H2,1H3. The highest BCUT2D eigenvalue weighted by molar-refractivity contribution is 5.80. The molecule has 5 heteroatoms. The highest BCUT2D eigenvalue weighted by atomic mass is 19.1.